The van der Waals surface area contributed by atoms with Crippen molar-refractivity contribution < 1.29 is 75.4 Å². The van der Waals surface area contributed by atoms with Crippen molar-refractivity contribution in [2.45, 2.75) is 150 Å². The van der Waals surface area contributed by atoms with Gasteiger partial charge in [0.1, 0.15) is 24.7 Å². The van der Waals surface area contributed by atoms with E-state index in [2.05, 4.69) is 41.7 Å². The minimum Gasteiger partial charge on any atom is -0.490 e. The third kappa shape index (κ3) is 19.8. The van der Waals surface area contributed by atoms with Crippen LogP contribution in [0.1, 0.15) is 139 Å². The second-order valence-electron chi connectivity index (χ2n) is 28.8. The number of thiazole rings is 1. The van der Waals surface area contributed by atoms with Crippen LogP contribution in [-0.4, -0.2) is 164 Å². The number of anilines is 2. The molecule has 0 radical (unpaired) electrons. The fraction of sp³-hybridized carbons (Fsp3) is 0.486. The minimum absolute atomic E-state index is 0.0139. The number of amides is 8. The van der Waals surface area contributed by atoms with Gasteiger partial charge in [-0.3, -0.25) is 48.3 Å². The summed E-state index contributed by atoms with van der Waals surface area (Å²) in [5, 5.41) is 24.3. The first kappa shape index (κ1) is 76.2. The minimum atomic E-state index is -4.51. The maximum atomic E-state index is 14.0. The standard InChI is InChI=1S/C74H91N11O16S2/c1-46(2)54(37-52(86)13-8-7-11-28-84-63(88)25-26-64(84)89)66(90)79-57(15-12-27-76-68(75)93)60(87)35-49-17-19-50(20-18-49)41-100-71(95)82(31-34-103(96,97)98)29-33-101-74-39-47(3)38-72(5,43-74)42-73(6,44-74)45-85-48(4)55(40-77-85)53-22-23-56(78-65(53)67(91)92)51-21-24-61-59(36-51)83(30-32-99-61)70(94)81-69-80-58-14-9-10-16-62(58)102-69/h9-10,14,16-26,36,40,46-47,54,57H,7-8,11-13,15,27-35,37-39,41-45H2,1-6H3,(H,79,90)(H,91,92)(H3,75,76,93)(H,80,81,94)(H,96,97,98)/t47?,54-,57-,72?,73?,74?/m0/s1. The number of ether oxygens (including phenoxy) is 3. The van der Waals surface area contributed by atoms with E-state index in [0.29, 0.717) is 95.1 Å². The van der Waals surface area contributed by atoms with E-state index in [0.717, 1.165) is 40.1 Å². The number of benzene rings is 3. The second-order valence-corrected chi connectivity index (χ2v) is 31.4. The zero-order valence-corrected chi connectivity index (χ0v) is 60.6. The van der Waals surface area contributed by atoms with Gasteiger partial charge in [-0.05, 0) is 141 Å². The first-order chi connectivity index (χ1) is 48.9. The number of aromatic carboxylic acids is 1. The molecule has 6 atom stereocenters. The van der Waals surface area contributed by atoms with Crippen molar-refractivity contribution in [3.05, 3.63) is 120 Å². The summed E-state index contributed by atoms with van der Waals surface area (Å²) in [5.74, 6) is -3.87. The predicted molar refractivity (Wildman–Crippen MR) is 386 cm³/mol. The van der Waals surface area contributed by atoms with Crippen LogP contribution in [0.4, 0.5) is 25.2 Å². The SMILES string of the molecule is Cc1c(-c2ccc(-c3ccc4c(c3)N(C(=O)Nc3nc5ccccc5s3)CCO4)nc2C(=O)O)cnn1CC1(C)CC2(C)CC(C)CC(OCCN(CCS(=O)(=O)O)C(=O)OCc3ccc(CC(=O)[C@H](CCCNC(N)=O)NC(=O)[C@@H](CC(=O)CCCCCN4C(=O)C=CC4=O)C(C)C)cc3)(C2)C1. The Morgan fingerprint density at radius 3 is 2.35 bits per heavy atom. The maximum Gasteiger partial charge on any atom is 0.410 e. The van der Waals surface area contributed by atoms with Gasteiger partial charge in [0.15, 0.2) is 16.6 Å². The van der Waals surface area contributed by atoms with E-state index in [4.69, 9.17) is 30.0 Å². The van der Waals surface area contributed by atoms with Crippen LogP contribution in [0, 0.1) is 35.5 Å². The number of hydrogen-bond acceptors (Lipinski definition) is 18. The van der Waals surface area contributed by atoms with Gasteiger partial charge >= 0.3 is 24.1 Å². The fourth-order valence-corrected chi connectivity index (χ4v) is 16.8. The molecular weight excluding hydrogens is 1360 g/mol. The van der Waals surface area contributed by atoms with Crippen LogP contribution in [0.3, 0.4) is 0 Å². The Morgan fingerprint density at radius 2 is 1.63 bits per heavy atom. The first-order valence-electron chi connectivity index (χ1n) is 34.9. The monoisotopic (exact) mass is 1450 g/mol. The number of carboxylic acid groups (broad SMARTS) is 1. The summed E-state index contributed by atoms with van der Waals surface area (Å²) in [6.45, 7) is 12.9. The van der Waals surface area contributed by atoms with Crippen LogP contribution in [-0.2, 0) is 63.1 Å². The van der Waals surface area contributed by atoms with Crippen molar-refractivity contribution >= 4 is 95.9 Å². The van der Waals surface area contributed by atoms with Gasteiger partial charge < -0.3 is 40.6 Å². The quantitative estimate of drug-likeness (QED) is 0.0127. The highest BCUT2D eigenvalue weighted by molar-refractivity contribution is 7.85. The number of unbranched alkanes of at least 4 members (excludes halogenated alkanes) is 2. The van der Waals surface area contributed by atoms with Crippen molar-refractivity contribution in [1.82, 2.24) is 40.2 Å². The summed E-state index contributed by atoms with van der Waals surface area (Å²) >= 11 is 1.37. The Hall–Kier alpha value is -9.45. The molecule has 103 heavy (non-hydrogen) atoms. The smallest absolute Gasteiger partial charge is 0.410 e. The van der Waals surface area contributed by atoms with Crippen molar-refractivity contribution in [2.24, 2.45) is 34.3 Å². The van der Waals surface area contributed by atoms with Crippen molar-refractivity contribution in [3.8, 4) is 28.1 Å². The van der Waals surface area contributed by atoms with E-state index in [1.54, 1.807) is 65.7 Å². The molecule has 10 rings (SSSR count). The highest BCUT2D eigenvalue weighted by Gasteiger charge is 2.56. The first-order valence-corrected chi connectivity index (χ1v) is 37.4. The van der Waals surface area contributed by atoms with Crippen LogP contribution >= 0.6 is 11.3 Å². The molecule has 5 heterocycles. The number of primary amides is 1. The molecule has 2 saturated carbocycles. The number of Topliss-reactive ketones (excluding diaryl/α,β-unsaturated/α-hetero) is 2. The number of nitrogens with one attached hydrogen (secondary N) is 3. The highest BCUT2D eigenvalue weighted by atomic mass is 32.2. The Bertz CT molecular complexity index is 4280. The Balaban J connectivity index is 0.750. The van der Waals surface area contributed by atoms with Gasteiger partial charge in [-0.25, -0.2) is 29.1 Å². The summed E-state index contributed by atoms with van der Waals surface area (Å²) in [6.07, 6.45) is 9.23. The van der Waals surface area contributed by atoms with E-state index in [9.17, 15) is 61.2 Å². The second kappa shape index (κ2) is 32.9. The molecule has 0 saturated heterocycles. The Morgan fingerprint density at radius 1 is 0.883 bits per heavy atom. The molecule has 4 aliphatic rings. The number of ketones is 2. The zero-order chi connectivity index (χ0) is 74.0. The molecule has 4 unspecified atom stereocenters. The Labute approximate surface area is 602 Å². The van der Waals surface area contributed by atoms with E-state index in [1.807, 2.05) is 49.7 Å². The number of urea groups is 2. The molecule has 2 aliphatic carbocycles. The van der Waals surface area contributed by atoms with Gasteiger partial charge in [-0.15, -0.1) is 0 Å². The number of pyridine rings is 1. The fourth-order valence-electron chi connectivity index (χ4n) is 15.5. The number of aromatic nitrogens is 4. The summed E-state index contributed by atoms with van der Waals surface area (Å²) in [7, 11) is -4.51. The molecule has 3 aromatic heterocycles. The molecule has 2 fully saturated rings. The molecule has 8 amide bonds. The Kier molecular flexibility index (Phi) is 24.3. The number of hydrogen-bond donors (Lipinski definition) is 6. The lowest BCUT2D eigenvalue weighted by atomic mass is 9.51. The van der Waals surface area contributed by atoms with Crippen LogP contribution in [0.2, 0.25) is 0 Å². The number of carboxylic acids is 1. The number of fused-ring (bicyclic) bond motifs is 4. The number of imide groups is 1. The molecule has 29 heteroatoms. The molecule has 2 aliphatic heterocycles. The van der Waals surface area contributed by atoms with Gasteiger partial charge in [0.2, 0.25) is 5.91 Å². The number of nitrogens with two attached hydrogens (primary N) is 1. The molecule has 550 valence electrons. The highest BCUT2D eigenvalue weighted by Crippen LogP contribution is 2.60. The average molecular weight is 1450 g/mol. The molecule has 3 aromatic carbocycles. The lowest BCUT2D eigenvalue weighted by molar-refractivity contribution is -0.179. The molecule has 6 aromatic rings. The molecule has 27 nitrogen and oxygen atoms in total. The van der Waals surface area contributed by atoms with E-state index in [-0.39, 0.29) is 118 Å². The largest absolute Gasteiger partial charge is 0.490 e. The number of carbonyl (C=O) groups excluding carboxylic acids is 8. The van der Waals surface area contributed by atoms with Crippen LogP contribution in [0.15, 0.2) is 97.2 Å². The predicted octanol–water partition coefficient (Wildman–Crippen LogP) is 10.3. The summed E-state index contributed by atoms with van der Waals surface area (Å²) in [4.78, 5) is 130. The van der Waals surface area contributed by atoms with E-state index in [1.165, 1.54) is 28.4 Å². The zero-order valence-electron chi connectivity index (χ0n) is 58.9. The topological polar surface area (TPSA) is 371 Å². The number of carbonyl (C=O) groups is 9. The van der Waals surface area contributed by atoms with Gasteiger partial charge in [0, 0.05) is 92.4 Å². The lowest BCUT2D eigenvalue weighted by Gasteiger charge is -2.58. The van der Waals surface area contributed by atoms with E-state index >= 15 is 0 Å². The van der Waals surface area contributed by atoms with Gasteiger partial charge in [0.25, 0.3) is 21.9 Å². The van der Waals surface area contributed by atoms with Crippen molar-refractivity contribution in [3.63, 3.8) is 0 Å². The lowest BCUT2D eigenvalue weighted by Crippen LogP contribution is -2.55. The van der Waals surface area contributed by atoms with E-state index < -0.39 is 75.4 Å². The molecular formula is C74H91N11O16S2. The van der Waals surface area contributed by atoms with Crippen molar-refractivity contribution in [2.75, 3.05) is 61.9 Å². The average Bonchev–Trinajstić information content (AvgIpc) is 0.936. The van der Waals surface area contributed by atoms with Gasteiger partial charge in [-0.2, -0.15) is 13.5 Å². The van der Waals surface area contributed by atoms with Crippen molar-refractivity contribution in [1.29, 1.82) is 0 Å². The van der Waals surface area contributed by atoms with Crippen LogP contribution in [0.25, 0.3) is 32.6 Å². The summed E-state index contributed by atoms with van der Waals surface area (Å²) in [6, 6.07) is 20.9. The van der Waals surface area contributed by atoms with Gasteiger partial charge in [-0.1, -0.05) is 88.8 Å². The molecule has 2 bridgehead atoms. The number of nitrogens with zero attached hydrogens (tertiary/aromatic N) is 7. The summed E-state index contributed by atoms with van der Waals surface area (Å²) < 4.78 is 55.5. The third-order valence-corrected chi connectivity index (χ3v) is 21.4. The normalized spacial score (nSPS) is 19.9. The maximum absolute atomic E-state index is 14.0. The van der Waals surface area contributed by atoms with Crippen LogP contribution in [0.5, 0.6) is 5.75 Å². The van der Waals surface area contributed by atoms with Gasteiger partial charge in [0.05, 0.1) is 58.3 Å². The molecule has 0 spiro atoms. The number of rotatable bonds is 33. The summed E-state index contributed by atoms with van der Waals surface area (Å²) in [5.41, 5.74) is 8.91. The van der Waals surface area contributed by atoms with Crippen LogP contribution < -0.4 is 31.3 Å². The number of para-hydroxylation sites is 1. The molecule has 7 N–H and O–H groups in total. The third-order valence-electron chi connectivity index (χ3n) is 19.7.